The molecule has 0 saturated heterocycles. The summed E-state index contributed by atoms with van der Waals surface area (Å²) in [4.78, 5) is 0. The van der Waals surface area contributed by atoms with E-state index in [1.807, 2.05) is 26.0 Å². The number of rotatable bonds is 4. The first-order chi connectivity index (χ1) is 6.56. The molecule has 0 fully saturated rings. The summed E-state index contributed by atoms with van der Waals surface area (Å²) in [5, 5.41) is 21.1. The number of aromatic hydroxyl groups is 1. The Morgan fingerprint density at radius 2 is 1.79 bits per heavy atom. The second-order valence-electron chi connectivity index (χ2n) is 3.82. The third kappa shape index (κ3) is 2.72. The highest BCUT2D eigenvalue weighted by molar-refractivity contribution is 5.30. The molecule has 3 heteroatoms. The number of phenols is 1. The smallest absolute Gasteiger partial charge is 0.115 e. The highest BCUT2D eigenvalue weighted by atomic mass is 16.3. The van der Waals surface area contributed by atoms with E-state index in [0.717, 1.165) is 5.56 Å². The van der Waals surface area contributed by atoms with Gasteiger partial charge in [-0.25, -0.2) is 0 Å². The van der Waals surface area contributed by atoms with Crippen molar-refractivity contribution in [2.75, 3.05) is 13.2 Å². The van der Waals surface area contributed by atoms with E-state index in [1.54, 1.807) is 12.1 Å². The molecule has 3 nitrogen and oxygen atoms in total. The molecular weight excluding hydrogens is 178 g/mol. The van der Waals surface area contributed by atoms with E-state index in [4.69, 9.17) is 10.2 Å². The lowest BCUT2D eigenvalue weighted by Crippen LogP contribution is -2.38. The Bertz CT molecular complexity index is 280. The highest BCUT2D eigenvalue weighted by Crippen LogP contribution is 2.21. The minimum Gasteiger partial charge on any atom is -0.508 e. The molecule has 0 aromatic heterocycles. The van der Waals surface area contributed by atoms with E-state index in [9.17, 15) is 0 Å². The Labute approximate surface area is 84.4 Å². The number of benzene rings is 1. The predicted octanol–water partition coefficient (Wildman–Crippen LogP) is 1.21. The summed E-state index contributed by atoms with van der Waals surface area (Å²) in [6, 6.07) is 7.08. The van der Waals surface area contributed by atoms with Crippen molar-refractivity contribution in [2.24, 2.45) is 0 Å². The molecule has 14 heavy (non-hydrogen) atoms. The van der Waals surface area contributed by atoms with Gasteiger partial charge < -0.3 is 15.5 Å². The van der Waals surface area contributed by atoms with Crippen LogP contribution in [0.3, 0.4) is 0 Å². The average molecular weight is 195 g/mol. The van der Waals surface area contributed by atoms with Crippen LogP contribution in [-0.2, 0) is 5.54 Å². The van der Waals surface area contributed by atoms with Crippen LogP contribution in [0.4, 0.5) is 0 Å². The summed E-state index contributed by atoms with van der Waals surface area (Å²) in [7, 11) is 0. The van der Waals surface area contributed by atoms with Gasteiger partial charge in [0.05, 0.1) is 6.61 Å². The largest absolute Gasteiger partial charge is 0.508 e. The molecule has 0 saturated carbocycles. The molecule has 1 rings (SSSR count). The highest BCUT2D eigenvalue weighted by Gasteiger charge is 2.18. The Balaban J connectivity index is 2.75. The zero-order valence-electron chi connectivity index (χ0n) is 8.62. The summed E-state index contributed by atoms with van der Waals surface area (Å²) in [5.41, 5.74) is 0.903. The van der Waals surface area contributed by atoms with E-state index < -0.39 is 0 Å². The monoisotopic (exact) mass is 195 g/mol. The maximum absolute atomic E-state index is 9.14. The van der Waals surface area contributed by atoms with Gasteiger partial charge in [0.1, 0.15) is 5.75 Å². The Morgan fingerprint density at radius 3 is 2.29 bits per heavy atom. The third-order valence-electron chi connectivity index (χ3n) is 2.27. The number of phenolic OH excluding ortho intramolecular Hbond substituents is 1. The maximum Gasteiger partial charge on any atom is 0.115 e. The average Bonchev–Trinajstić information content (AvgIpc) is 2.16. The van der Waals surface area contributed by atoms with Gasteiger partial charge in [-0.3, -0.25) is 0 Å². The Morgan fingerprint density at radius 1 is 1.21 bits per heavy atom. The molecule has 0 radical (unpaired) electrons. The molecule has 0 spiro atoms. The van der Waals surface area contributed by atoms with Gasteiger partial charge in [-0.05, 0) is 31.5 Å². The number of nitrogens with one attached hydrogen (secondary N) is 1. The van der Waals surface area contributed by atoms with Gasteiger partial charge in [-0.2, -0.15) is 0 Å². The molecule has 0 aliphatic heterocycles. The lowest BCUT2D eigenvalue weighted by molar-refractivity contribution is 0.267. The first-order valence-corrected chi connectivity index (χ1v) is 4.71. The second-order valence-corrected chi connectivity index (χ2v) is 3.82. The zero-order chi connectivity index (χ0) is 10.6. The molecule has 3 N–H and O–H groups in total. The summed E-state index contributed by atoms with van der Waals surface area (Å²) < 4.78 is 0. The summed E-state index contributed by atoms with van der Waals surface area (Å²) in [6.45, 7) is 4.76. The van der Waals surface area contributed by atoms with Crippen molar-refractivity contribution in [1.29, 1.82) is 0 Å². The van der Waals surface area contributed by atoms with Gasteiger partial charge in [0, 0.05) is 12.1 Å². The van der Waals surface area contributed by atoms with Crippen LogP contribution in [0.25, 0.3) is 0 Å². The summed E-state index contributed by atoms with van der Waals surface area (Å²) in [6.07, 6.45) is 0. The van der Waals surface area contributed by atoms with Crippen molar-refractivity contribution in [3.8, 4) is 5.75 Å². The maximum atomic E-state index is 9.14. The SMILES string of the molecule is CC(C)(NCCO)c1ccc(O)cc1. The first kappa shape index (κ1) is 11.0. The molecule has 0 bridgehead atoms. The molecule has 1 aromatic rings. The van der Waals surface area contributed by atoms with Crippen LogP contribution in [0.2, 0.25) is 0 Å². The molecule has 0 aliphatic carbocycles. The van der Waals surface area contributed by atoms with Crippen molar-refractivity contribution < 1.29 is 10.2 Å². The van der Waals surface area contributed by atoms with Gasteiger partial charge in [-0.1, -0.05) is 12.1 Å². The standard InChI is InChI=1S/C11H17NO2/c1-11(2,12-7-8-13)9-3-5-10(14)6-4-9/h3-6,12-14H,7-8H2,1-2H3. The quantitative estimate of drug-likeness (QED) is 0.677. The van der Waals surface area contributed by atoms with Crippen LogP contribution < -0.4 is 5.32 Å². The normalized spacial score (nSPS) is 11.6. The van der Waals surface area contributed by atoms with Crippen LogP contribution in [-0.4, -0.2) is 23.4 Å². The fraction of sp³-hybridized carbons (Fsp3) is 0.455. The zero-order valence-corrected chi connectivity index (χ0v) is 8.62. The topological polar surface area (TPSA) is 52.5 Å². The van der Waals surface area contributed by atoms with Gasteiger partial charge in [0.15, 0.2) is 0 Å². The summed E-state index contributed by atoms with van der Waals surface area (Å²) >= 11 is 0. The molecule has 0 amide bonds. The first-order valence-electron chi connectivity index (χ1n) is 4.71. The molecule has 0 atom stereocenters. The summed E-state index contributed by atoms with van der Waals surface area (Å²) in [5.74, 6) is 0.270. The van der Waals surface area contributed by atoms with Crippen molar-refractivity contribution in [1.82, 2.24) is 5.32 Å². The molecule has 0 aliphatic rings. The van der Waals surface area contributed by atoms with E-state index in [0.29, 0.717) is 6.54 Å². The fourth-order valence-electron chi connectivity index (χ4n) is 1.35. The minimum absolute atomic E-state index is 0.127. The van der Waals surface area contributed by atoms with Crippen molar-refractivity contribution in [3.05, 3.63) is 29.8 Å². The van der Waals surface area contributed by atoms with Crippen molar-refractivity contribution in [2.45, 2.75) is 19.4 Å². The van der Waals surface area contributed by atoms with Crippen LogP contribution in [0, 0.1) is 0 Å². The van der Waals surface area contributed by atoms with Crippen LogP contribution in [0.15, 0.2) is 24.3 Å². The van der Waals surface area contributed by atoms with E-state index >= 15 is 0 Å². The number of hydrogen-bond acceptors (Lipinski definition) is 3. The fourth-order valence-corrected chi connectivity index (χ4v) is 1.35. The minimum atomic E-state index is -0.184. The lowest BCUT2D eigenvalue weighted by atomic mass is 9.94. The molecule has 78 valence electrons. The lowest BCUT2D eigenvalue weighted by Gasteiger charge is -2.26. The molecule has 0 unspecified atom stereocenters. The Hall–Kier alpha value is -1.06. The van der Waals surface area contributed by atoms with E-state index in [2.05, 4.69) is 5.32 Å². The van der Waals surface area contributed by atoms with Crippen molar-refractivity contribution >= 4 is 0 Å². The van der Waals surface area contributed by atoms with Crippen molar-refractivity contribution in [3.63, 3.8) is 0 Å². The molecule has 1 aromatic carbocycles. The molecular formula is C11H17NO2. The van der Waals surface area contributed by atoms with Crippen LogP contribution in [0.1, 0.15) is 19.4 Å². The van der Waals surface area contributed by atoms with E-state index in [1.165, 1.54) is 0 Å². The number of hydrogen-bond donors (Lipinski definition) is 3. The molecule has 0 heterocycles. The predicted molar refractivity (Wildman–Crippen MR) is 56.2 cm³/mol. The van der Waals surface area contributed by atoms with Gasteiger partial charge >= 0.3 is 0 Å². The van der Waals surface area contributed by atoms with Crippen LogP contribution >= 0.6 is 0 Å². The number of aliphatic hydroxyl groups excluding tert-OH is 1. The van der Waals surface area contributed by atoms with Gasteiger partial charge in [0.25, 0.3) is 0 Å². The Kier molecular flexibility index (Phi) is 3.49. The van der Waals surface area contributed by atoms with E-state index in [-0.39, 0.29) is 17.9 Å². The van der Waals surface area contributed by atoms with Gasteiger partial charge in [-0.15, -0.1) is 0 Å². The third-order valence-corrected chi connectivity index (χ3v) is 2.27. The second kappa shape index (κ2) is 4.44. The number of aliphatic hydroxyl groups is 1. The van der Waals surface area contributed by atoms with Gasteiger partial charge in [0.2, 0.25) is 0 Å². The van der Waals surface area contributed by atoms with Crippen LogP contribution in [0.5, 0.6) is 5.75 Å².